The van der Waals surface area contributed by atoms with Gasteiger partial charge in [-0.2, -0.15) is 0 Å². The highest BCUT2D eigenvalue weighted by Gasteiger charge is 2.08. The molecule has 16 heavy (non-hydrogen) atoms. The highest BCUT2D eigenvalue weighted by molar-refractivity contribution is 6.07. The van der Waals surface area contributed by atoms with Crippen LogP contribution < -0.4 is 0 Å². The number of nitrogens with zero attached hydrogens (tertiary/aromatic N) is 1. The monoisotopic (exact) mass is 211 g/mol. The lowest BCUT2D eigenvalue weighted by Crippen LogP contribution is -2.03. The number of aldehydes is 1. The van der Waals surface area contributed by atoms with Gasteiger partial charge in [0.2, 0.25) is 5.78 Å². The Morgan fingerprint density at radius 1 is 1.06 bits per heavy atom. The molecule has 1 aromatic heterocycles. The molecule has 0 saturated heterocycles. The van der Waals surface area contributed by atoms with E-state index in [-0.39, 0.29) is 5.78 Å². The first-order chi connectivity index (χ1) is 7.81. The predicted molar refractivity (Wildman–Crippen MR) is 59.5 cm³/mol. The first-order valence-electron chi connectivity index (χ1n) is 4.82. The molecule has 0 fully saturated rings. The van der Waals surface area contributed by atoms with Crippen LogP contribution in [0.4, 0.5) is 0 Å². The SMILES string of the molecule is O=Cc1ccc(C(=O)c2ccccn2)cc1. The maximum Gasteiger partial charge on any atom is 0.211 e. The average molecular weight is 211 g/mol. The molecule has 0 N–H and O–H groups in total. The molecular weight excluding hydrogens is 202 g/mol. The van der Waals surface area contributed by atoms with E-state index < -0.39 is 0 Å². The Hall–Kier alpha value is -2.29. The van der Waals surface area contributed by atoms with Gasteiger partial charge >= 0.3 is 0 Å². The second-order valence-electron chi connectivity index (χ2n) is 3.28. The van der Waals surface area contributed by atoms with E-state index in [4.69, 9.17) is 0 Å². The number of ketones is 1. The Labute approximate surface area is 92.8 Å². The van der Waals surface area contributed by atoms with Crippen LogP contribution in [0, 0.1) is 0 Å². The van der Waals surface area contributed by atoms with Crippen molar-refractivity contribution in [3.05, 3.63) is 65.5 Å². The zero-order valence-electron chi connectivity index (χ0n) is 8.46. The van der Waals surface area contributed by atoms with Crippen molar-refractivity contribution >= 4 is 12.1 Å². The number of carbonyl (C=O) groups excluding carboxylic acids is 2. The molecule has 0 aliphatic heterocycles. The van der Waals surface area contributed by atoms with E-state index in [0.29, 0.717) is 16.8 Å². The van der Waals surface area contributed by atoms with Gasteiger partial charge in [0.25, 0.3) is 0 Å². The van der Waals surface area contributed by atoms with Crippen molar-refractivity contribution in [2.75, 3.05) is 0 Å². The molecule has 0 unspecified atom stereocenters. The fourth-order valence-electron chi connectivity index (χ4n) is 1.36. The van der Waals surface area contributed by atoms with Gasteiger partial charge in [0.1, 0.15) is 12.0 Å². The number of benzene rings is 1. The van der Waals surface area contributed by atoms with Crippen LogP contribution in [-0.4, -0.2) is 17.1 Å². The maximum atomic E-state index is 11.9. The number of rotatable bonds is 3. The Morgan fingerprint density at radius 2 is 1.81 bits per heavy atom. The second-order valence-corrected chi connectivity index (χ2v) is 3.28. The lowest BCUT2D eigenvalue weighted by molar-refractivity contribution is 0.103. The summed E-state index contributed by atoms with van der Waals surface area (Å²) in [5, 5.41) is 0. The summed E-state index contributed by atoms with van der Waals surface area (Å²) in [6.45, 7) is 0. The molecule has 0 radical (unpaired) electrons. The zero-order valence-corrected chi connectivity index (χ0v) is 8.46. The van der Waals surface area contributed by atoms with Crippen LogP contribution >= 0.6 is 0 Å². The third kappa shape index (κ3) is 2.03. The van der Waals surface area contributed by atoms with Gasteiger partial charge in [-0.25, -0.2) is 0 Å². The summed E-state index contributed by atoms with van der Waals surface area (Å²) in [4.78, 5) is 26.3. The first kappa shape index (κ1) is 10.2. The molecule has 1 heterocycles. The molecule has 0 atom stereocenters. The van der Waals surface area contributed by atoms with Crippen LogP contribution in [0.5, 0.6) is 0 Å². The van der Waals surface area contributed by atoms with E-state index in [2.05, 4.69) is 4.98 Å². The highest BCUT2D eigenvalue weighted by Crippen LogP contribution is 2.08. The van der Waals surface area contributed by atoms with Crippen molar-refractivity contribution in [2.24, 2.45) is 0 Å². The van der Waals surface area contributed by atoms with E-state index >= 15 is 0 Å². The standard InChI is InChI=1S/C13H9NO2/c15-9-10-4-6-11(7-5-10)13(16)12-3-1-2-8-14-12/h1-9H. The quantitative estimate of drug-likeness (QED) is 0.577. The summed E-state index contributed by atoms with van der Waals surface area (Å²) >= 11 is 0. The molecule has 0 aliphatic carbocycles. The molecule has 3 heteroatoms. The second kappa shape index (κ2) is 4.49. The highest BCUT2D eigenvalue weighted by atomic mass is 16.1. The molecule has 2 rings (SSSR count). The van der Waals surface area contributed by atoms with Crippen molar-refractivity contribution in [2.45, 2.75) is 0 Å². The van der Waals surface area contributed by atoms with Crippen molar-refractivity contribution in [1.82, 2.24) is 4.98 Å². The van der Waals surface area contributed by atoms with Crippen LogP contribution in [0.3, 0.4) is 0 Å². The van der Waals surface area contributed by atoms with Gasteiger partial charge in [-0.3, -0.25) is 14.6 Å². The molecule has 0 bridgehead atoms. The van der Waals surface area contributed by atoms with Gasteiger partial charge in [0.05, 0.1) is 0 Å². The van der Waals surface area contributed by atoms with Gasteiger partial charge in [-0.05, 0) is 12.1 Å². The summed E-state index contributed by atoms with van der Waals surface area (Å²) in [5.41, 5.74) is 1.49. The summed E-state index contributed by atoms with van der Waals surface area (Å²) in [6, 6.07) is 11.7. The molecule has 2 aromatic rings. The van der Waals surface area contributed by atoms with Crippen LogP contribution in [0.25, 0.3) is 0 Å². The molecule has 3 nitrogen and oxygen atoms in total. The van der Waals surface area contributed by atoms with E-state index in [1.165, 1.54) is 0 Å². The van der Waals surface area contributed by atoms with Crippen molar-refractivity contribution in [3.8, 4) is 0 Å². The fraction of sp³-hybridized carbons (Fsp3) is 0. The Bertz CT molecular complexity index is 503. The van der Waals surface area contributed by atoms with E-state index in [0.717, 1.165) is 6.29 Å². The zero-order chi connectivity index (χ0) is 11.4. The molecule has 78 valence electrons. The van der Waals surface area contributed by atoms with Gasteiger partial charge in [-0.1, -0.05) is 30.3 Å². The Kier molecular flexibility index (Phi) is 2.87. The van der Waals surface area contributed by atoms with Gasteiger partial charge in [0, 0.05) is 17.3 Å². The molecule has 1 aromatic carbocycles. The maximum absolute atomic E-state index is 11.9. The van der Waals surface area contributed by atoms with Crippen molar-refractivity contribution in [1.29, 1.82) is 0 Å². The van der Waals surface area contributed by atoms with E-state index in [1.54, 1.807) is 48.7 Å². The lowest BCUT2D eigenvalue weighted by Gasteiger charge is -1.99. The summed E-state index contributed by atoms with van der Waals surface area (Å²) in [5.74, 6) is -0.141. The molecule has 0 aliphatic rings. The number of aromatic nitrogens is 1. The molecule has 0 spiro atoms. The van der Waals surface area contributed by atoms with Crippen LogP contribution in [0.15, 0.2) is 48.7 Å². The third-order valence-corrected chi connectivity index (χ3v) is 2.21. The van der Waals surface area contributed by atoms with E-state index in [9.17, 15) is 9.59 Å². The smallest absolute Gasteiger partial charge is 0.211 e. The molecular formula is C13H9NO2. The summed E-state index contributed by atoms with van der Waals surface area (Å²) < 4.78 is 0. The largest absolute Gasteiger partial charge is 0.298 e. The molecule has 0 amide bonds. The van der Waals surface area contributed by atoms with Crippen molar-refractivity contribution < 1.29 is 9.59 Å². The average Bonchev–Trinajstić information content (AvgIpc) is 2.39. The van der Waals surface area contributed by atoms with Crippen LogP contribution in [-0.2, 0) is 0 Å². The van der Waals surface area contributed by atoms with Gasteiger partial charge in [-0.15, -0.1) is 0 Å². The van der Waals surface area contributed by atoms with Gasteiger partial charge < -0.3 is 0 Å². The number of pyridine rings is 1. The van der Waals surface area contributed by atoms with Crippen molar-refractivity contribution in [3.63, 3.8) is 0 Å². The van der Waals surface area contributed by atoms with Crippen LogP contribution in [0.2, 0.25) is 0 Å². The summed E-state index contributed by atoms with van der Waals surface area (Å²) in [7, 11) is 0. The summed E-state index contributed by atoms with van der Waals surface area (Å²) in [6.07, 6.45) is 2.32. The fourth-order valence-corrected chi connectivity index (χ4v) is 1.36. The number of carbonyl (C=O) groups is 2. The number of hydrogen-bond acceptors (Lipinski definition) is 3. The predicted octanol–water partition coefficient (Wildman–Crippen LogP) is 2.13. The minimum absolute atomic E-state index is 0.141. The van der Waals surface area contributed by atoms with Gasteiger partial charge in [0.15, 0.2) is 0 Å². The third-order valence-electron chi connectivity index (χ3n) is 2.21. The van der Waals surface area contributed by atoms with Crippen LogP contribution in [0.1, 0.15) is 26.4 Å². The first-order valence-corrected chi connectivity index (χ1v) is 4.82. The Balaban J connectivity index is 2.31. The normalized spacial score (nSPS) is 9.75. The minimum Gasteiger partial charge on any atom is -0.298 e. The lowest BCUT2D eigenvalue weighted by atomic mass is 10.1. The molecule has 0 saturated carbocycles. The Morgan fingerprint density at radius 3 is 2.38 bits per heavy atom. The van der Waals surface area contributed by atoms with E-state index in [1.807, 2.05) is 0 Å². The number of hydrogen-bond donors (Lipinski definition) is 0. The topological polar surface area (TPSA) is 47.0 Å². The minimum atomic E-state index is -0.141.